The number of aromatic nitrogens is 1. The number of nitrogens with zero attached hydrogens (tertiary/aromatic N) is 1. The molecule has 1 aliphatic heterocycles. The van der Waals surface area contributed by atoms with E-state index in [1.54, 1.807) is 0 Å². The molecule has 0 saturated carbocycles. The molecule has 0 saturated heterocycles. The van der Waals surface area contributed by atoms with E-state index in [0.717, 1.165) is 5.69 Å². The molecule has 0 amide bonds. The van der Waals surface area contributed by atoms with Crippen LogP contribution in [0.3, 0.4) is 0 Å². The number of fused-ring (bicyclic) bond motifs is 2. The van der Waals surface area contributed by atoms with Gasteiger partial charge in [-0.15, -0.1) is 34.5 Å². The van der Waals surface area contributed by atoms with Crippen molar-refractivity contribution in [3.8, 4) is 11.3 Å². The van der Waals surface area contributed by atoms with Gasteiger partial charge in [-0.25, -0.2) is 0 Å². The van der Waals surface area contributed by atoms with Crippen LogP contribution in [0.4, 0.5) is 0 Å². The van der Waals surface area contributed by atoms with Crippen molar-refractivity contribution in [1.82, 2.24) is 4.98 Å². The molecule has 0 atom stereocenters. The quantitative estimate of drug-likeness (QED) is 0.351. The van der Waals surface area contributed by atoms with Gasteiger partial charge in [0.25, 0.3) is 0 Å². The summed E-state index contributed by atoms with van der Waals surface area (Å²) in [5.74, 6) is 0. The SMILES string of the molecule is CC1=PC2=CC=CC2=C1.[Cl-].[Cl-].[Zr+3].c1ccc(-c2cc3ccccc3[cH-]2)nc1. The summed E-state index contributed by atoms with van der Waals surface area (Å²) in [6.45, 7) is 2.17. The number of hydrogen-bond acceptors (Lipinski definition) is 1. The monoisotopic (exact) mass is 486 g/mol. The molecule has 2 aliphatic rings. The van der Waals surface area contributed by atoms with Crippen molar-refractivity contribution in [2.75, 3.05) is 0 Å². The van der Waals surface area contributed by atoms with Gasteiger partial charge in [0.05, 0.1) is 0 Å². The average molecular weight is 488 g/mol. The maximum atomic E-state index is 4.34. The second-order valence-electron chi connectivity index (χ2n) is 5.85. The van der Waals surface area contributed by atoms with Crippen LogP contribution in [-0.2, 0) is 26.2 Å². The van der Waals surface area contributed by atoms with E-state index in [2.05, 4.69) is 72.6 Å². The van der Waals surface area contributed by atoms with Crippen LogP contribution in [0, 0.1) is 0 Å². The molecule has 5 rings (SSSR count). The number of hydrogen-bond donors (Lipinski definition) is 0. The van der Waals surface area contributed by atoms with E-state index in [0.29, 0.717) is 0 Å². The Morgan fingerprint density at radius 3 is 2.48 bits per heavy atom. The first-order valence-corrected chi connectivity index (χ1v) is 8.92. The summed E-state index contributed by atoms with van der Waals surface area (Å²) in [6.07, 6.45) is 10.5. The molecule has 2 aromatic carbocycles. The van der Waals surface area contributed by atoms with Crippen molar-refractivity contribution in [3.05, 3.63) is 96.0 Å². The molecule has 27 heavy (non-hydrogen) atoms. The van der Waals surface area contributed by atoms with Crippen LogP contribution in [0.15, 0.2) is 96.0 Å². The normalized spacial score (nSPS) is 13.6. The van der Waals surface area contributed by atoms with E-state index in [4.69, 9.17) is 0 Å². The third-order valence-corrected chi connectivity index (χ3v) is 5.20. The Kier molecular flexibility index (Phi) is 9.71. The van der Waals surface area contributed by atoms with Crippen molar-refractivity contribution in [2.24, 2.45) is 0 Å². The standard InChI is InChI=1S/C14H10N.C8H7P.2ClH.Zr/c1-2-6-12-10-13(9-11(12)5-1)14-7-3-4-8-15-14;1-6-5-7-3-2-4-8(7)9-6;;;/h1-10H;2-5H,1H3;2*1H;/q-1;;;;+3/p-2. The summed E-state index contributed by atoms with van der Waals surface area (Å²) in [6, 6.07) is 18.7. The molecule has 0 N–H and O–H groups in total. The minimum absolute atomic E-state index is 0. The largest absolute Gasteiger partial charge is 3.00 e. The van der Waals surface area contributed by atoms with E-state index >= 15 is 0 Å². The maximum absolute atomic E-state index is 4.34. The fourth-order valence-corrected chi connectivity index (χ4v) is 3.94. The summed E-state index contributed by atoms with van der Waals surface area (Å²) in [5, 5.41) is 5.48. The minimum Gasteiger partial charge on any atom is -1.00 e. The summed E-state index contributed by atoms with van der Waals surface area (Å²) in [7, 11) is 1.40. The van der Waals surface area contributed by atoms with E-state index in [1.165, 1.54) is 40.7 Å². The van der Waals surface area contributed by atoms with Crippen LogP contribution in [0.1, 0.15) is 6.92 Å². The van der Waals surface area contributed by atoms with Gasteiger partial charge in [0.1, 0.15) is 0 Å². The molecule has 1 radical (unpaired) electrons. The first-order chi connectivity index (χ1) is 11.8. The molecule has 0 unspecified atom stereocenters. The van der Waals surface area contributed by atoms with Crippen molar-refractivity contribution in [2.45, 2.75) is 6.92 Å². The summed E-state index contributed by atoms with van der Waals surface area (Å²) < 4.78 is 0. The third kappa shape index (κ3) is 5.66. The maximum Gasteiger partial charge on any atom is 3.00 e. The molecule has 1 nitrogen and oxygen atoms in total. The van der Waals surface area contributed by atoms with Gasteiger partial charge in [-0.1, -0.05) is 50.7 Å². The van der Waals surface area contributed by atoms with Crippen LogP contribution >= 0.6 is 8.20 Å². The Morgan fingerprint density at radius 1 is 1.00 bits per heavy atom. The molecule has 0 bridgehead atoms. The van der Waals surface area contributed by atoms with Gasteiger partial charge < -0.3 is 24.8 Å². The number of pyridine rings is 1. The average Bonchev–Trinajstić information content (AvgIpc) is 3.30. The van der Waals surface area contributed by atoms with E-state index in [9.17, 15) is 0 Å². The Bertz CT molecular complexity index is 984. The first-order valence-electron chi connectivity index (χ1n) is 8.02. The molecule has 3 aromatic rings. The van der Waals surface area contributed by atoms with Gasteiger partial charge in [-0.2, -0.15) is 0 Å². The second-order valence-corrected chi connectivity index (χ2v) is 7.26. The van der Waals surface area contributed by atoms with Gasteiger partial charge in [0.15, 0.2) is 0 Å². The molecular formula is C22H17Cl2NPZr. The zero-order valence-electron chi connectivity index (χ0n) is 14.7. The Hall–Kier alpha value is -1.17. The fraction of sp³-hybridized carbons (Fsp3) is 0.0455. The first kappa shape index (κ1) is 23.9. The molecule has 1 aromatic heterocycles. The van der Waals surface area contributed by atoms with Crippen molar-refractivity contribution >= 4 is 24.3 Å². The number of rotatable bonds is 1. The molecule has 0 fully saturated rings. The predicted octanol–water partition coefficient (Wildman–Crippen LogP) is 0.145. The van der Waals surface area contributed by atoms with Crippen molar-refractivity contribution in [3.63, 3.8) is 0 Å². The Morgan fingerprint density at radius 2 is 1.78 bits per heavy atom. The number of halogens is 2. The zero-order chi connectivity index (χ0) is 16.4. The number of allylic oxidation sites excluding steroid dienone is 6. The van der Waals surface area contributed by atoms with E-state index in [-0.39, 0.29) is 51.0 Å². The van der Waals surface area contributed by atoms with Crippen LogP contribution in [-0.4, -0.2) is 10.3 Å². The third-order valence-electron chi connectivity index (χ3n) is 4.07. The molecule has 0 spiro atoms. The molecule has 2 heterocycles. The topological polar surface area (TPSA) is 12.9 Å². The summed E-state index contributed by atoms with van der Waals surface area (Å²) >= 11 is 0. The van der Waals surface area contributed by atoms with Crippen LogP contribution in [0.25, 0.3) is 22.0 Å². The minimum atomic E-state index is 0. The van der Waals surface area contributed by atoms with Gasteiger partial charge in [0.2, 0.25) is 0 Å². The molecule has 133 valence electrons. The van der Waals surface area contributed by atoms with E-state index in [1.807, 2.05) is 24.4 Å². The van der Waals surface area contributed by atoms with Gasteiger partial charge >= 0.3 is 26.2 Å². The second kappa shape index (κ2) is 11.0. The fourth-order valence-electron chi connectivity index (χ4n) is 2.93. The predicted molar refractivity (Wildman–Crippen MR) is 106 cm³/mol. The van der Waals surface area contributed by atoms with Crippen LogP contribution in [0.5, 0.6) is 0 Å². The Balaban J connectivity index is 0.000000266. The molecule has 1 aliphatic carbocycles. The summed E-state index contributed by atoms with van der Waals surface area (Å²) in [4.78, 5) is 4.34. The van der Waals surface area contributed by atoms with Crippen molar-refractivity contribution in [1.29, 1.82) is 0 Å². The zero-order valence-corrected chi connectivity index (χ0v) is 19.6. The van der Waals surface area contributed by atoms with Gasteiger partial charge in [-0.05, 0) is 36.0 Å². The Labute approximate surface area is 193 Å². The smallest absolute Gasteiger partial charge is 1.00 e. The van der Waals surface area contributed by atoms with Crippen LogP contribution < -0.4 is 24.8 Å². The van der Waals surface area contributed by atoms with Gasteiger partial charge in [0, 0.05) is 17.2 Å². The number of benzene rings is 1. The molecular weight excluding hydrogens is 471 g/mol. The van der Waals surface area contributed by atoms with E-state index < -0.39 is 0 Å². The molecule has 5 heteroatoms. The summed E-state index contributed by atoms with van der Waals surface area (Å²) in [5.41, 5.74) is 3.64. The van der Waals surface area contributed by atoms with Gasteiger partial charge in [-0.3, -0.25) is 4.98 Å². The van der Waals surface area contributed by atoms with Crippen LogP contribution in [0.2, 0.25) is 0 Å². The van der Waals surface area contributed by atoms with Crippen molar-refractivity contribution < 1.29 is 51.0 Å².